The number of ether oxygens (including phenoxy) is 2. The van der Waals surface area contributed by atoms with Crippen LogP contribution in [0.15, 0.2) is 0 Å². The molecular weight excluding hydrogens is 380 g/mol. The maximum absolute atomic E-state index is 13.2. The van der Waals surface area contributed by atoms with Gasteiger partial charge in [0.1, 0.15) is 0 Å². The summed E-state index contributed by atoms with van der Waals surface area (Å²) in [5.41, 5.74) is -1.10. The molecule has 0 unspecified atom stereocenters. The van der Waals surface area contributed by atoms with Crippen molar-refractivity contribution < 1.29 is 19.1 Å². The van der Waals surface area contributed by atoms with Crippen LogP contribution in [0.4, 0.5) is 0 Å². The molecule has 9 aliphatic rings. The Hall–Kier alpha value is -1.14. The summed E-state index contributed by atoms with van der Waals surface area (Å²) < 4.78 is 12.7. The normalized spacial score (nSPS) is 52.5. The summed E-state index contributed by atoms with van der Waals surface area (Å²) in [4.78, 5) is 26.5. The molecule has 5 saturated carbocycles. The maximum atomic E-state index is 13.2. The Kier molecular flexibility index (Phi) is 3.13. The third-order valence-electron chi connectivity index (χ3n) is 10.3. The largest absolute Gasteiger partial charge is 0.368 e. The van der Waals surface area contributed by atoms with Crippen molar-refractivity contribution in [1.82, 2.24) is 10.6 Å². The first-order chi connectivity index (χ1) is 14.2. The lowest BCUT2D eigenvalue weighted by Gasteiger charge is -2.52. The average Bonchev–Trinajstić information content (AvgIpc) is 3.17. The molecule has 2 amide bonds. The molecule has 6 nitrogen and oxygen atoms in total. The number of carbonyl (C=O) groups excluding carboxylic acids is 2. The van der Waals surface area contributed by atoms with Gasteiger partial charge in [0.2, 0.25) is 11.8 Å². The molecule has 0 aromatic carbocycles. The fourth-order valence-corrected chi connectivity index (χ4v) is 8.77. The maximum Gasteiger partial charge on any atom is 0.229 e. The van der Waals surface area contributed by atoms with Gasteiger partial charge in [-0.1, -0.05) is 0 Å². The van der Waals surface area contributed by atoms with Crippen LogP contribution in [-0.4, -0.2) is 46.3 Å². The highest BCUT2D eigenvalue weighted by molar-refractivity contribution is 5.88. The molecule has 4 bridgehead atoms. The number of hydrogen-bond donors (Lipinski definition) is 2. The first-order valence-electron chi connectivity index (χ1n) is 12.2. The molecule has 5 aliphatic carbocycles. The molecule has 2 spiro atoms. The monoisotopic (exact) mass is 414 g/mol. The summed E-state index contributed by atoms with van der Waals surface area (Å²) in [5, 5.41) is 6.64. The van der Waals surface area contributed by atoms with Gasteiger partial charge in [-0.2, -0.15) is 0 Å². The van der Waals surface area contributed by atoms with Crippen LogP contribution in [0.3, 0.4) is 0 Å². The predicted octanol–water partition coefficient (Wildman–Crippen LogP) is 2.73. The van der Waals surface area contributed by atoms with Crippen molar-refractivity contribution in [2.45, 2.75) is 125 Å². The highest BCUT2D eigenvalue weighted by Gasteiger charge is 2.79. The highest BCUT2D eigenvalue weighted by Crippen LogP contribution is 2.73. The summed E-state index contributed by atoms with van der Waals surface area (Å²) in [7, 11) is 0. The zero-order valence-electron chi connectivity index (χ0n) is 18.3. The van der Waals surface area contributed by atoms with Crippen LogP contribution in [-0.2, 0) is 19.1 Å². The molecule has 30 heavy (non-hydrogen) atoms. The molecular formula is C24H34N2O4. The van der Waals surface area contributed by atoms with Crippen LogP contribution in [0, 0.1) is 10.8 Å². The van der Waals surface area contributed by atoms with E-state index in [0.717, 1.165) is 64.2 Å². The second-order valence-electron chi connectivity index (χ2n) is 12.5. The van der Waals surface area contributed by atoms with Crippen molar-refractivity contribution in [2.75, 3.05) is 0 Å². The van der Waals surface area contributed by atoms with Gasteiger partial charge in [-0.25, -0.2) is 0 Å². The fourth-order valence-electron chi connectivity index (χ4n) is 8.77. The SMILES string of the molecule is CC12CC(C(=O)NC3CC(NC(=O)C45CC(C)(C4)OC54CCC4)C3)(C1)C1(CCC1)O2. The highest BCUT2D eigenvalue weighted by atomic mass is 16.5. The Morgan fingerprint density at radius 3 is 1.37 bits per heavy atom. The molecule has 0 atom stereocenters. The zero-order chi connectivity index (χ0) is 20.6. The first kappa shape index (κ1) is 18.4. The van der Waals surface area contributed by atoms with E-state index in [1.54, 1.807) is 0 Å². The van der Waals surface area contributed by atoms with Gasteiger partial charge < -0.3 is 20.1 Å². The Morgan fingerprint density at radius 2 is 1.07 bits per heavy atom. The molecule has 164 valence electrons. The van der Waals surface area contributed by atoms with Crippen molar-refractivity contribution in [1.29, 1.82) is 0 Å². The van der Waals surface area contributed by atoms with Crippen LogP contribution >= 0.6 is 0 Å². The topological polar surface area (TPSA) is 76.7 Å². The molecule has 9 rings (SSSR count). The van der Waals surface area contributed by atoms with Crippen LogP contribution in [0.25, 0.3) is 0 Å². The van der Waals surface area contributed by atoms with Gasteiger partial charge in [0.05, 0.1) is 33.2 Å². The van der Waals surface area contributed by atoms with E-state index in [2.05, 4.69) is 24.5 Å². The molecule has 6 heteroatoms. The summed E-state index contributed by atoms with van der Waals surface area (Å²) in [6.07, 6.45) is 11.7. The van der Waals surface area contributed by atoms with E-state index in [1.807, 2.05) is 0 Å². The number of rotatable bonds is 4. The average molecular weight is 415 g/mol. The first-order valence-corrected chi connectivity index (χ1v) is 12.2. The molecule has 2 N–H and O–H groups in total. The molecule has 0 aromatic heterocycles. The fraction of sp³-hybridized carbons (Fsp3) is 0.917. The third kappa shape index (κ3) is 1.91. The van der Waals surface area contributed by atoms with E-state index in [-0.39, 0.29) is 57.1 Å². The van der Waals surface area contributed by atoms with Crippen LogP contribution < -0.4 is 10.6 Å². The number of hydrogen-bond acceptors (Lipinski definition) is 4. The van der Waals surface area contributed by atoms with Gasteiger partial charge in [-0.3, -0.25) is 9.59 Å². The number of carbonyl (C=O) groups is 2. The van der Waals surface area contributed by atoms with E-state index >= 15 is 0 Å². The molecule has 4 aliphatic heterocycles. The van der Waals surface area contributed by atoms with Crippen LogP contribution in [0.1, 0.15) is 90.9 Å². The van der Waals surface area contributed by atoms with Gasteiger partial charge in [0, 0.05) is 12.1 Å². The van der Waals surface area contributed by atoms with Crippen LogP contribution in [0.5, 0.6) is 0 Å². The van der Waals surface area contributed by atoms with Gasteiger partial charge in [0.25, 0.3) is 0 Å². The Labute approximate surface area is 178 Å². The van der Waals surface area contributed by atoms with E-state index in [4.69, 9.17) is 9.47 Å². The van der Waals surface area contributed by atoms with Gasteiger partial charge in [-0.05, 0) is 90.9 Å². The Morgan fingerprint density at radius 1 is 0.700 bits per heavy atom. The van der Waals surface area contributed by atoms with Gasteiger partial charge in [0.15, 0.2) is 0 Å². The predicted molar refractivity (Wildman–Crippen MR) is 109 cm³/mol. The van der Waals surface area contributed by atoms with Crippen molar-refractivity contribution >= 4 is 11.8 Å². The van der Waals surface area contributed by atoms with Gasteiger partial charge in [-0.15, -0.1) is 0 Å². The standard InChI is InChI=1S/C24H34N2O4/c1-19-11-21(12-19,23(29-19)5-3-6-23)17(27)25-15-9-16(10-15)26-18(28)22-13-20(2,14-22)30-24(22)7-4-8-24/h15-16H,3-14H2,1-2H3,(H,25,27)(H,26,28). The molecule has 0 radical (unpaired) electrons. The minimum Gasteiger partial charge on any atom is -0.368 e. The van der Waals surface area contributed by atoms with Gasteiger partial charge >= 0.3 is 0 Å². The van der Waals surface area contributed by atoms with E-state index in [9.17, 15) is 9.59 Å². The van der Waals surface area contributed by atoms with Crippen LogP contribution in [0.2, 0.25) is 0 Å². The molecule has 4 saturated heterocycles. The molecule has 0 aromatic rings. The van der Waals surface area contributed by atoms with E-state index in [0.29, 0.717) is 0 Å². The Balaban J connectivity index is 0.961. The summed E-state index contributed by atoms with van der Waals surface area (Å²) in [5.74, 6) is 0.413. The van der Waals surface area contributed by atoms with E-state index in [1.165, 1.54) is 12.8 Å². The third-order valence-corrected chi connectivity index (χ3v) is 10.3. The molecule has 4 heterocycles. The van der Waals surface area contributed by atoms with Crippen molar-refractivity contribution in [3.63, 3.8) is 0 Å². The minimum atomic E-state index is -0.290. The Bertz CT molecular complexity index is 771. The van der Waals surface area contributed by atoms with Crippen molar-refractivity contribution in [2.24, 2.45) is 10.8 Å². The van der Waals surface area contributed by atoms with Crippen molar-refractivity contribution in [3.05, 3.63) is 0 Å². The molecule has 9 fully saturated rings. The summed E-state index contributed by atoms with van der Waals surface area (Å²) in [6.45, 7) is 4.32. The summed E-state index contributed by atoms with van der Waals surface area (Å²) in [6, 6.07) is 0.367. The lowest BCUT2D eigenvalue weighted by Crippen LogP contribution is -2.65. The quantitative estimate of drug-likeness (QED) is 0.742. The number of nitrogens with one attached hydrogen (secondary N) is 2. The lowest BCUT2D eigenvalue weighted by molar-refractivity contribution is -0.148. The minimum absolute atomic E-state index is 0.0781. The number of amides is 2. The summed E-state index contributed by atoms with van der Waals surface area (Å²) >= 11 is 0. The second kappa shape index (κ2) is 5.09. The van der Waals surface area contributed by atoms with Crippen molar-refractivity contribution in [3.8, 4) is 0 Å². The lowest BCUT2D eigenvalue weighted by atomic mass is 9.51. The smallest absolute Gasteiger partial charge is 0.229 e. The zero-order valence-corrected chi connectivity index (χ0v) is 18.3. The second-order valence-corrected chi connectivity index (χ2v) is 12.5. The van der Waals surface area contributed by atoms with E-state index < -0.39 is 0 Å².